The van der Waals surface area contributed by atoms with Crippen molar-refractivity contribution in [1.82, 2.24) is 5.43 Å². The molecule has 0 fully saturated rings. The molecule has 1 aliphatic rings. The summed E-state index contributed by atoms with van der Waals surface area (Å²) in [6.07, 6.45) is 0. The van der Waals surface area contributed by atoms with E-state index in [1.165, 1.54) is 48.5 Å². The number of sulfonamides is 1. The fraction of sp³-hybridized carbons (Fsp3) is 0.167. The molecule has 0 spiro atoms. The maximum absolute atomic E-state index is 13.4. The number of fused-ring (bicyclic) bond motifs is 1. The van der Waals surface area contributed by atoms with Gasteiger partial charge < -0.3 is 9.47 Å². The molecule has 3 aromatic carbocycles. The lowest BCUT2D eigenvalue weighted by Gasteiger charge is -2.23. The highest BCUT2D eigenvalue weighted by Gasteiger charge is 2.31. The minimum absolute atomic E-state index is 0.119. The van der Waals surface area contributed by atoms with Gasteiger partial charge in [-0.2, -0.15) is 5.10 Å². The first kappa shape index (κ1) is 24.7. The summed E-state index contributed by atoms with van der Waals surface area (Å²) < 4.78 is 38.5. The van der Waals surface area contributed by atoms with Gasteiger partial charge in [-0.25, -0.2) is 18.1 Å². The highest BCUT2D eigenvalue weighted by Crippen LogP contribution is 2.32. The average Bonchev–Trinajstić information content (AvgIpc) is 2.90. The number of carbonyl (C=O) groups excluding carboxylic acids is 1. The van der Waals surface area contributed by atoms with Crippen LogP contribution in [0.3, 0.4) is 0 Å². The van der Waals surface area contributed by atoms with Gasteiger partial charge in [0.2, 0.25) is 0 Å². The van der Waals surface area contributed by atoms with Crippen molar-refractivity contribution >= 4 is 33.0 Å². The quantitative estimate of drug-likeness (QED) is 0.279. The zero-order valence-corrected chi connectivity index (χ0v) is 20.0. The number of carbonyl (C=O) groups is 1. The van der Waals surface area contributed by atoms with Gasteiger partial charge in [0.05, 0.1) is 15.5 Å². The van der Waals surface area contributed by atoms with Gasteiger partial charge in [0, 0.05) is 11.6 Å². The van der Waals surface area contributed by atoms with E-state index in [0.29, 0.717) is 40.3 Å². The number of nitrogens with zero attached hydrogens (tertiary/aromatic N) is 3. The Balaban J connectivity index is 1.61. The molecule has 1 aliphatic heterocycles. The van der Waals surface area contributed by atoms with E-state index in [0.717, 1.165) is 0 Å². The molecule has 0 aliphatic carbocycles. The first-order valence-corrected chi connectivity index (χ1v) is 12.3. The predicted molar refractivity (Wildman–Crippen MR) is 132 cm³/mol. The molecule has 0 bridgehead atoms. The summed E-state index contributed by atoms with van der Waals surface area (Å²) in [4.78, 5) is 23.6. The maximum Gasteiger partial charge on any atom is 0.293 e. The number of hydrazone groups is 1. The Morgan fingerprint density at radius 3 is 2.42 bits per heavy atom. The van der Waals surface area contributed by atoms with Gasteiger partial charge in [-0.05, 0) is 43.3 Å². The topological polar surface area (TPSA) is 140 Å². The first-order chi connectivity index (χ1) is 17.3. The van der Waals surface area contributed by atoms with E-state index in [-0.39, 0.29) is 10.6 Å². The minimum Gasteiger partial charge on any atom is -0.486 e. The Hall–Kier alpha value is -4.45. The summed E-state index contributed by atoms with van der Waals surface area (Å²) in [5, 5.41) is 15.7. The Bertz CT molecular complexity index is 1430. The number of hydrogen-bond donors (Lipinski definition) is 1. The van der Waals surface area contributed by atoms with Crippen LogP contribution in [0.25, 0.3) is 0 Å². The van der Waals surface area contributed by atoms with Gasteiger partial charge in [-0.15, -0.1) is 0 Å². The SMILES string of the molecule is C/C(=N/NC(=O)CN(c1ccccc1[N+](=O)[O-])S(=O)(=O)c1ccccc1)c1ccc2c(c1)OCCO2. The third-order valence-electron chi connectivity index (χ3n) is 5.27. The summed E-state index contributed by atoms with van der Waals surface area (Å²) in [7, 11) is -4.32. The molecular formula is C24H22N4O7S. The van der Waals surface area contributed by atoms with Crippen molar-refractivity contribution < 1.29 is 27.6 Å². The molecule has 1 amide bonds. The number of amides is 1. The predicted octanol–water partition coefficient (Wildman–Crippen LogP) is 3.10. The molecule has 0 radical (unpaired) electrons. The van der Waals surface area contributed by atoms with Crippen molar-refractivity contribution in [3.8, 4) is 11.5 Å². The smallest absolute Gasteiger partial charge is 0.293 e. The Labute approximate surface area is 207 Å². The van der Waals surface area contributed by atoms with Gasteiger partial charge in [-0.1, -0.05) is 30.3 Å². The highest BCUT2D eigenvalue weighted by atomic mass is 32.2. The molecule has 0 atom stereocenters. The van der Waals surface area contributed by atoms with Crippen LogP contribution in [0.5, 0.6) is 11.5 Å². The van der Waals surface area contributed by atoms with E-state index in [1.807, 2.05) is 0 Å². The fourth-order valence-corrected chi connectivity index (χ4v) is 4.95. The average molecular weight is 511 g/mol. The third kappa shape index (κ3) is 5.28. The van der Waals surface area contributed by atoms with Crippen LogP contribution in [0, 0.1) is 10.1 Å². The van der Waals surface area contributed by atoms with Crippen molar-refractivity contribution in [2.45, 2.75) is 11.8 Å². The lowest BCUT2D eigenvalue weighted by Crippen LogP contribution is -2.40. The molecule has 0 aromatic heterocycles. The van der Waals surface area contributed by atoms with E-state index in [9.17, 15) is 23.3 Å². The van der Waals surface area contributed by atoms with Gasteiger partial charge in [0.1, 0.15) is 25.4 Å². The largest absolute Gasteiger partial charge is 0.486 e. The van der Waals surface area contributed by atoms with Crippen LogP contribution in [-0.4, -0.2) is 44.7 Å². The van der Waals surface area contributed by atoms with Gasteiger partial charge in [0.25, 0.3) is 21.6 Å². The first-order valence-electron chi connectivity index (χ1n) is 10.8. The van der Waals surface area contributed by atoms with Gasteiger partial charge in [0.15, 0.2) is 11.5 Å². The van der Waals surface area contributed by atoms with Crippen LogP contribution >= 0.6 is 0 Å². The summed E-state index contributed by atoms with van der Waals surface area (Å²) in [6, 6.07) is 17.9. The lowest BCUT2D eigenvalue weighted by atomic mass is 10.1. The highest BCUT2D eigenvalue weighted by molar-refractivity contribution is 7.92. The molecular weight excluding hydrogens is 488 g/mol. The molecule has 3 aromatic rings. The second kappa shape index (κ2) is 10.4. The van der Waals surface area contributed by atoms with Crippen LogP contribution in [-0.2, 0) is 14.8 Å². The second-order valence-electron chi connectivity index (χ2n) is 7.66. The summed E-state index contributed by atoms with van der Waals surface area (Å²) in [6.45, 7) is 1.80. The lowest BCUT2D eigenvalue weighted by molar-refractivity contribution is -0.384. The molecule has 0 unspecified atom stereocenters. The number of para-hydroxylation sites is 2. The number of anilines is 1. The summed E-state index contributed by atoms with van der Waals surface area (Å²) >= 11 is 0. The fourth-order valence-electron chi connectivity index (χ4n) is 3.49. The molecule has 12 heteroatoms. The number of rotatable bonds is 8. The molecule has 4 rings (SSSR count). The summed E-state index contributed by atoms with van der Waals surface area (Å²) in [5.41, 5.74) is 2.73. The van der Waals surface area contributed by atoms with Gasteiger partial charge >= 0.3 is 0 Å². The van der Waals surface area contributed by atoms with Crippen molar-refractivity contribution in [1.29, 1.82) is 0 Å². The number of nitrogens with one attached hydrogen (secondary N) is 1. The van der Waals surface area contributed by atoms with E-state index in [4.69, 9.17) is 9.47 Å². The molecule has 1 heterocycles. The molecule has 11 nitrogen and oxygen atoms in total. The van der Waals surface area contributed by atoms with Crippen molar-refractivity contribution in [2.24, 2.45) is 5.10 Å². The Kier molecular flexibility index (Phi) is 7.15. The van der Waals surface area contributed by atoms with Crippen molar-refractivity contribution in [3.63, 3.8) is 0 Å². The molecule has 0 saturated heterocycles. The van der Waals surface area contributed by atoms with Crippen molar-refractivity contribution in [3.05, 3.63) is 88.5 Å². The number of nitro groups is 1. The number of benzene rings is 3. The standard InChI is InChI=1S/C24H22N4O7S/c1-17(18-11-12-22-23(15-18)35-14-13-34-22)25-26-24(29)16-27(20-9-5-6-10-21(20)28(30)31)36(32,33)19-7-3-2-4-8-19/h2-12,15H,13-14,16H2,1H3,(H,26,29)/b25-17-. The zero-order chi connectivity index (χ0) is 25.7. The number of ether oxygens (including phenoxy) is 2. The van der Waals surface area contributed by atoms with Crippen LogP contribution in [0.2, 0.25) is 0 Å². The van der Waals surface area contributed by atoms with Crippen LogP contribution in [0.15, 0.2) is 82.8 Å². The maximum atomic E-state index is 13.4. The van der Waals surface area contributed by atoms with E-state index < -0.39 is 33.1 Å². The van der Waals surface area contributed by atoms with Crippen molar-refractivity contribution in [2.75, 3.05) is 24.1 Å². The van der Waals surface area contributed by atoms with E-state index in [1.54, 1.807) is 31.2 Å². The zero-order valence-electron chi connectivity index (χ0n) is 19.2. The van der Waals surface area contributed by atoms with Crippen LogP contribution in [0.4, 0.5) is 11.4 Å². The normalized spacial score (nSPS) is 13.1. The number of hydrogen-bond acceptors (Lipinski definition) is 8. The monoisotopic (exact) mass is 510 g/mol. The minimum atomic E-state index is -4.32. The Morgan fingerprint density at radius 1 is 1.03 bits per heavy atom. The Morgan fingerprint density at radius 2 is 1.69 bits per heavy atom. The van der Waals surface area contributed by atoms with E-state index >= 15 is 0 Å². The molecule has 36 heavy (non-hydrogen) atoms. The van der Waals surface area contributed by atoms with E-state index in [2.05, 4.69) is 10.5 Å². The molecule has 0 saturated carbocycles. The number of nitro benzene ring substituents is 1. The third-order valence-corrected chi connectivity index (χ3v) is 7.05. The molecule has 186 valence electrons. The molecule has 1 N–H and O–H groups in total. The summed E-state index contributed by atoms with van der Waals surface area (Å²) in [5.74, 6) is 0.369. The van der Waals surface area contributed by atoms with Crippen LogP contribution in [0.1, 0.15) is 12.5 Å². The van der Waals surface area contributed by atoms with Gasteiger partial charge in [-0.3, -0.25) is 14.9 Å². The second-order valence-corrected chi connectivity index (χ2v) is 9.52. The van der Waals surface area contributed by atoms with Crippen LogP contribution < -0.4 is 19.2 Å².